The van der Waals surface area contributed by atoms with Gasteiger partial charge in [-0.2, -0.15) is 0 Å². The molecule has 0 spiro atoms. The van der Waals surface area contributed by atoms with E-state index in [9.17, 15) is 4.79 Å². The molecule has 0 aromatic carbocycles. The molecule has 0 aliphatic heterocycles. The molecule has 0 aliphatic carbocycles. The molecule has 15 heavy (non-hydrogen) atoms. The molecule has 0 rings (SSSR count). The fourth-order valence-corrected chi connectivity index (χ4v) is 1.03. The topological polar surface area (TPSA) is 17.1 Å². The summed E-state index contributed by atoms with van der Waals surface area (Å²) in [6.45, 7) is 10.1. The number of carbonyl (C=O) groups excluding carboxylic acids is 1. The first-order valence-electron chi connectivity index (χ1n) is 5.39. The van der Waals surface area contributed by atoms with Gasteiger partial charge in [-0.15, -0.1) is 0 Å². The van der Waals surface area contributed by atoms with Crippen LogP contribution in [0.15, 0.2) is 34.9 Å². The molecule has 0 saturated carbocycles. The summed E-state index contributed by atoms with van der Waals surface area (Å²) in [7, 11) is 0. The van der Waals surface area contributed by atoms with E-state index in [2.05, 4.69) is 33.8 Å². The molecule has 0 unspecified atom stereocenters. The van der Waals surface area contributed by atoms with E-state index in [1.807, 2.05) is 6.08 Å². The van der Waals surface area contributed by atoms with Crippen molar-refractivity contribution in [2.24, 2.45) is 0 Å². The lowest BCUT2D eigenvalue weighted by molar-refractivity contribution is -0.112. The molecule has 0 aliphatic rings. The number of allylic oxidation sites excluding steroid dienone is 6. The van der Waals surface area contributed by atoms with Crippen molar-refractivity contribution in [3.63, 3.8) is 0 Å². The SMILES string of the molecule is CC(=O)/C=C/C/C(C)=C/CC(C)=C(C)C. The fourth-order valence-electron chi connectivity index (χ4n) is 1.03. The van der Waals surface area contributed by atoms with Gasteiger partial charge >= 0.3 is 0 Å². The number of ketones is 1. The van der Waals surface area contributed by atoms with E-state index in [-0.39, 0.29) is 5.78 Å². The third-order valence-electron chi connectivity index (χ3n) is 2.40. The Balaban J connectivity index is 4.11. The zero-order valence-corrected chi connectivity index (χ0v) is 10.6. The molecule has 0 bridgehead atoms. The number of hydrogen-bond donors (Lipinski definition) is 0. The van der Waals surface area contributed by atoms with Crippen LogP contribution < -0.4 is 0 Å². The smallest absolute Gasteiger partial charge is 0.152 e. The summed E-state index contributed by atoms with van der Waals surface area (Å²) in [5.74, 6) is 0.114. The Morgan fingerprint density at radius 1 is 1.00 bits per heavy atom. The predicted molar refractivity (Wildman–Crippen MR) is 66.9 cm³/mol. The average Bonchev–Trinajstić information content (AvgIpc) is 2.13. The van der Waals surface area contributed by atoms with E-state index in [0.29, 0.717) is 0 Å². The van der Waals surface area contributed by atoms with Crippen LogP contribution in [0.25, 0.3) is 0 Å². The minimum atomic E-state index is 0.114. The van der Waals surface area contributed by atoms with E-state index in [4.69, 9.17) is 0 Å². The number of carbonyl (C=O) groups is 1. The third kappa shape index (κ3) is 7.92. The standard InChI is InChI=1S/C14H22O/c1-11(2)13(4)10-9-12(3)7-6-8-14(5)15/h6,8-9H,7,10H2,1-5H3/b8-6+,12-9+. The summed E-state index contributed by atoms with van der Waals surface area (Å²) in [5.41, 5.74) is 4.12. The minimum Gasteiger partial charge on any atom is -0.295 e. The van der Waals surface area contributed by atoms with Gasteiger partial charge in [-0.25, -0.2) is 0 Å². The van der Waals surface area contributed by atoms with Gasteiger partial charge in [-0.3, -0.25) is 4.79 Å². The van der Waals surface area contributed by atoms with Crippen LogP contribution in [-0.2, 0) is 4.79 Å². The second-order valence-corrected chi connectivity index (χ2v) is 4.25. The molecule has 0 amide bonds. The van der Waals surface area contributed by atoms with Crippen molar-refractivity contribution >= 4 is 5.78 Å². The Bertz CT molecular complexity index is 299. The summed E-state index contributed by atoms with van der Waals surface area (Å²) >= 11 is 0. The Hall–Kier alpha value is -1.11. The lowest BCUT2D eigenvalue weighted by atomic mass is 10.1. The highest BCUT2D eigenvalue weighted by Gasteiger charge is 1.91. The van der Waals surface area contributed by atoms with Crippen LogP contribution in [0, 0.1) is 0 Å². The van der Waals surface area contributed by atoms with Gasteiger partial charge in [0.25, 0.3) is 0 Å². The molecule has 0 radical (unpaired) electrons. The largest absolute Gasteiger partial charge is 0.295 e. The van der Waals surface area contributed by atoms with Crippen molar-refractivity contribution < 1.29 is 4.79 Å². The number of hydrogen-bond acceptors (Lipinski definition) is 1. The Morgan fingerprint density at radius 3 is 2.07 bits per heavy atom. The highest BCUT2D eigenvalue weighted by molar-refractivity contribution is 5.87. The van der Waals surface area contributed by atoms with Crippen LogP contribution >= 0.6 is 0 Å². The van der Waals surface area contributed by atoms with Crippen molar-refractivity contribution in [3.8, 4) is 0 Å². The molecule has 0 fully saturated rings. The number of rotatable bonds is 5. The molecule has 0 saturated heterocycles. The van der Waals surface area contributed by atoms with Gasteiger partial charge in [0.1, 0.15) is 0 Å². The summed E-state index contributed by atoms with van der Waals surface area (Å²) in [5, 5.41) is 0. The second-order valence-electron chi connectivity index (χ2n) is 4.25. The quantitative estimate of drug-likeness (QED) is 0.486. The molecular formula is C14H22O. The average molecular weight is 206 g/mol. The maximum atomic E-state index is 10.7. The van der Waals surface area contributed by atoms with E-state index in [0.717, 1.165) is 12.8 Å². The van der Waals surface area contributed by atoms with Gasteiger partial charge in [0.2, 0.25) is 0 Å². The van der Waals surface area contributed by atoms with Crippen molar-refractivity contribution in [1.82, 2.24) is 0 Å². The van der Waals surface area contributed by atoms with Gasteiger partial charge in [0.05, 0.1) is 0 Å². The molecule has 0 atom stereocenters. The van der Waals surface area contributed by atoms with Crippen molar-refractivity contribution in [1.29, 1.82) is 0 Å². The van der Waals surface area contributed by atoms with Crippen LogP contribution in [0.3, 0.4) is 0 Å². The fraction of sp³-hybridized carbons (Fsp3) is 0.500. The van der Waals surface area contributed by atoms with E-state index in [1.165, 1.54) is 16.7 Å². The highest BCUT2D eigenvalue weighted by Crippen LogP contribution is 2.11. The summed E-state index contributed by atoms with van der Waals surface area (Å²) in [4.78, 5) is 10.7. The lowest BCUT2D eigenvalue weighted by Gasteiger charge is -2.00. The second kappa shape index (κ2) is 7.22. The molecule has 0 aromatic rings. The van der Waals surface area contributed by atoms with Crippen LogP contribution in [0.5, 0.6) is 0 Å². The van der Waals surface area contributed by atoms with Gasteiger partial charge in [-0.05, 0) is 53.5 Å². The molecule has 0 N–H and O–H groups in total. The minimum absolute atomic E-state index is 0.114. The lowest BCUT2D eigenvalue weighted by Crippen LogP contribution is -1.82. The third-order valence-corrected chi connectivity index (χ3v) is 2.40. The molecule has 1 nitrogen and oxygen atoms in total. The molecule has 0 aromatic heterocycles. The summed E-state index contributed by atoms with van der Waals surface area (Å²) in [6, 6.07) is 0. The van der Waals surface area contributed by atoms with Crippen molar-refractivity contribution in [2.75, 3.05) is 0 Å². The van der Waals surface area contributed by atoms with Crippen LogP contribution in [-0.4, -0.2) is 5.78 Å². The Kier molecular flexibility index (Phi) is 6.68. The first kappa shape index (κ1) is 13.9. The zero-order valence-electron chi connectivity index (χ0n) is 10.6. The van der Waals surface area contributed by atoms with Crippen LogP contribution in [0.4, 0.5) is 0 Å². The highest BCUT2D eigenvalue weighted by atomic mass is 16.1. The monoisotopic (exact) mass is 206 g/mol. The molecule has 84 valence electrons. The van der Waals surface area contributed by atoms with Crippen LogP contribution in [0.2, 0.25) is 0 Å². The summed E-state index contributed by atoms with van der Waals surface area (Å²) < 4.78 is 0. The maximum absolute atomic E-state index is 10.7. The van der Waals surface area contributed by atoms with E-state index in [1.54, 1.807) is 13.0 Å². The molecular weight excluding hydrogens is 184 g/mol. The maximum Gasteiger partial charge on any atom is 0.152 e. The van der Waals surface area contributed by atoms with Gasteiger partial charge in [0.15, 0.2) is 5.78 Å². The molecule has 1 heteroatoms. The van der Waals surface area contributed by atoms with E-state index >= 15 is 0 Å². The normalized spacial score (nSPS) is 11.9. The van der Waals surface area contributed by atoms with Crippen LogP contribution in [0.1, 0.15) is 47.5 Å². The van der Waals surface area contributed by atoms with Crippen molar-refractivity contribution in [2.45, 2.75) is 47.5 Å². The Morgan fingerprint density at radius 2 is 1.60 bits per heavy atom. The van der Waals surface area contributed by atoms with Gasteiger partial charge in [-0.1, -0.05) is 28.9 Å². The van der Waals surface area contributed by atoms with Gasteiger partial charge < -0.3 is 0 Å². The Labute approximate surface area is 93.6 Å². The van der Waals surface area contributed by atoms with Crippen molar-refractivity contribution in [3.05, 3.63) is 34.9 Å². The van der Waals surface area contributed by atoms with E-state index < -0.39 is 0 Å². The summed E-state index contributed by atoms with van der Waals surface area (Å²) in [6.07, 6.45) is 7.67. The molecule has 0 heterocycles. The zero-order chi connectivity index (χ0) is 11.8. The van der Waals surface area contributed by atoms with Gasteiger partial charge in [0, 0.05) is 0 Å². The first-order valence-corrected chi connectivity index (χ1v) is 5.39. The predicted octanol–water partition coefficient (Wildman–Crippen LogP) is 4.21. The first-order chi connectivity index (χ1) is 6.93.